The van der Waals surface area contributed by atoms with E-state index in [1.807, 2.05) is 19.1 Å². The zero-order valence-electron chi connectivity index (χ0n) is 19.4. The van der Waals surface area contributed by atoms with Crippen LogP contribution in [-0.4, -0.2) is 20.6 Å². The van der Waals surface area contributed by atoms with Gasteiger partial charge in [-0.2, -0.15) is 0 Å². The lowest BCUT2D eigenvalue weighted by Gasteiger charge is -2.22. The molecular weight excluding hydrogens is 432 g/mol. The van der Waals surface area contributed by atoms with E-state index in [9.17, 15) is 4.79 Å². The second-order valence-corrected chi connectivity index (χ2v) is 9.91. The highest BCUT2D eigenvalue weighted by Crippen LogP contribution is 2.34. The summed E-state index contributed by atoms with van der Waals surface area (Å²) in [5, 5.41) is 4.46. The number of nitrogens with zero attached hydrogens (tertiary/aromatic N) is 3. The quantitative estimate of drug-likeness (QED) is 0.366. The van der Waals surface area contributed by atoms with Crippen LogP contribution < -0.4 is 5.32 Å². The first-order chi connectivity index (χ1) is 15.9. The molecule has 0 saturated carbocycles. The number of carbonyl (C=O) groups is 1. The smallest absolute Gasteiger partial charge is 0.412 e. The lowest BCUT2D eigenvalue weighted by atomic mass is 10.1. The van der Waals surface area contributed by atoms with Gasteiger partial charge in [-0.1, -0.05) is 41.2 Å². The Labute approximate surface area is 197 Å². The van der Waals surface area contributed by atoms with E-state index < -0.39 is 6.09 Å². The zero-order valence-corrected chi connectivity index (χ0v) is 20.3. The van der Waals surface area contributed by atoms with Crippen LogP contribution in [0.15, 0.2) is 36.4 Å². The molecule has 7 heteroatoms. The highest BCUT2D eigenvalue weighted by molar-refractivity contribution is 7.19. The molecule has 170 valence electrons. The van der Waals surface area contributed by atoms with E-state index in [1.54, 1.807) is 0 Å². The molecule has 4 aromatic rings. The van der Waals surface area contributed by atoms with Gasteiger partial charge in [-0.25, -0.2) is 14.8 Å². The van der Waals surface area contributed by atoms with Crippen molar-refractivity contribution in [1.29, 1.82) is 0 Å². The third-order valence-electron chi connectivity index (χ3n) is 6.28. The van der Waals surface area contributed by atoms with Gasteiger partial charge in [0.15, 0.2) is 0 Å². The summed E-state index contributed by atoms with van der Waals surface area (Å²) in [7, 11) is 0. The van der Waals surface area contributed by atoms with Crippen molar-refractivity contribution in [2.75, 3.05) is 5.32 Å². The van der Waals surface area contributed by atoms with Crippen molar-refractivity contribution in [3.63, 3.8) is 0 Å². The van der Waals surface area contributed by atoms with Crippen LogP contribution in [0.2, 0.25) is 0 Å². The molecule has 33 heavy (non-hydrogen) atoms. The number of thiazole rings is 1. The molecule has 0 aliphatic carbocycles. The van der Waals surface area contributed by atoms with E-state index in [4.69, 9.17) is 9.72 Å². The number of anilines is 1. The summed E-state index contributed by atoms with van der Waals surface area (Å²) in [6.45, 7) is 8.49. The summed E-state index contributed by atoms with van der Waals surface area (Å²) in [4.78, 5) is 22.0. The summed E-state index contributed by atoms with van der Waals surface area (Å²) in [6, 6.07) is 12.9. The van der Waals surface area contributed by atoms with Crippen LogP contribution in [-0.2, 0) is 17.8 Å². The fraction of sp³-hybridized carbons (Fsp3) is 0.346. The van der Waals surface area contributed by atoms with Crippen molar-refractivity contribution in [2.24, 2.45) is 0 Å². The number of benzene rings is 2. The minimum Gasteiger partial charge on any atom is -0.444 e. The van der Waals surface area contributed by atoms with Gasteiger partial charge in [0.1, 0.15) is 22.4 Å². The molecule has 0 saturated heterocycles. The Bertz CT molecular complexity index is 1350. The van der Waals surface area contributed by atoms with E-state index >= 15 is 0 Å². The highest BCUT2D eigenvalue weighted by atomic mass is 32.1. The summed E-state index contributed by atoms with van der Waals surface area (Å²) in [5.41, 5.74) is 7.31. The number of rotatable bonds is 4. The maximum atomic E-state index is 12.5. The molecule has 1 unspecified atom stereocenters. The van der Waals surface area contributed by atoms with Crippen molar-refractivity contribution >= 4 is 33.5 Å². The number of aryl methyl sites for hydroxylation is 4. The van der Waals surface area contributed by atoms with Gasteiger partial charge in [0.05, 0.1) is 16.7 Å². The van der Waals surface area contributed by atoms with Crippen molar-refractivity contribution < 1.29 is 9.53 Å². The van der Waals surface area contributed by atoms with Gasteiger partial charge in [-0.15, -0.1) is 0 Å². The van der Waals surface area contributed by atoms with Gasteiger partial charge in [0, 0.05) is 18.0 Å². The van der Waals surface area contributed by atoms with E-state index in [1.165, 1.54) is 35.3 Å². The fourth-order valence-electron chi connectivity index (χ4n) is 4.60. The molecular formula is C26H28N4O2S. The van der Waals surface area contributed by atoms with Crippen LogP contribution in [0.25, 0.3) is 21.6 Å². The van der Waals surface area contributed by atoms with Crippen molar-refractivity contribution in [3.05, 3.63) is 64.6 Å². The topological polar surface area (TPSA) is 69.0 Å². The minimum absolute atomic E-state index is 0.196. The lowest BCUT2D eigenvalue weighted by Crippen LogP contribution is -2.15. The van der Waals surface area contributed by atoms with Gasteiger partial charge in [0.25, 0.3) is 0 Å². The molecule has 2 aromatic carbocycles. The summed E-state index contributed by atoms with van der Waals surface area (Å²) in [6.07, 6.45) is 2.91. The van der Waals surface area contributed by atoms with Gasteiger partial charge >= 0.3 is 6.09 Å². The van der Waals surface area contributed by atoms with Crippen molar-refractivity contribution in [2.45, 2.75) is 59.6 Å². The van der Waals surface area contributed by atoms with E-state index in [0.717, 1.165) is 45.1 Å². The molecule has 0 bridgehead atoms. The number of carbonyl (C=O) groups excluding carboxylic acids is 1. The summed E-state index contributed by atoms with van der Waals surface area (Å²) in [5.74, 6) is 1.15. The van der Waals surface area contributed by atoms with Crippen LogP contribution in [0.5, 0.6) is 0 Å². The molecule has 1 amide bonds. The van der Waals surface area contributed by atoms with Gasteiger partial charge in [0.2, 0.25) is 0 Å². The second-order valence-electron chi connectivity index (χ2n) is 8.92. The average molecular weight is 461 g/mol. The van der Waals surface area contributed by atoms with E-state index in [0.29, 0.717) is 11.0 Å². The van der Waals surface area contributed by atoms with E-state index in [2.05, 4.69) is 59.9 Å². The monoisotopic (exact) mass is 460 g/mol. The first-order valence-electron chi connectivity index (χ1n) is 11.4. The third kappa shape index (κ3) is 4.25. The SMILES string of the molecule is Cc1ccc(-c2nc(C)c(NC(=O)OCc3ccc4c(c3)nc3n4C(C)CCC3)s2)c(C)c1. The minimum atomic E-state index is -0.480. The van der Waals surface area contributed by atoms with Crippen LogP contribution in [0.3, 0.4) is 0 Å². The molecule has 1 aliphatic heterocycles. The molecule has 1 N–H and O–H groups in total. The van der Waals surface area contributed by atoms with Crippen LogP contribution >= 0.6 is 11.3 Å². The molecule has 0 fully saturated rings. The molecule has 6 nitrogen and oxygen atoms in total. The molecule has 2 aromatic heterocycles. The van der Waals surface area contributed by atoms with E-state index in [-0.39, 0.29) is 6.61 Å². The lowest BCUT2D eigenvalue weighted by molar-refractivity contribution is 0.155. The average Bonchev–Trinajstić information content (AvgIpc) is 3.32. The number of imidazole rings is 1. The number of aromatic nitrogens is 3. The Hall–Kier alpha value is -3.19. The zero-order chi connectivity index (χ0) is 23.1. The number of nitrogens with one attached hydrogen (secondary N) is 1. The largest absolute Gasteiger partial charge is 0.444 e. The molecule has 3 heterocycles. The normalized spacial score (nSPS) is 15.5. The van der Waals surface area contributed by atoms with Crippen molar-refractivity contribution in [3.8, 4) is 10.6 Å². The number of amides is 1. The van der Waals surface area contributed by atoms with Crippen LogP contribution in [0.4, 0.5) is 9.80 Å². The van der Waals surface area contributed by atoms with Gasteiger partial charge < -0.3 is 9.30 Å². The maximum Gasteiger partial charge on any atom is 0.412 e. The molecule has 1 atom stereocenters. The first kappa shape index (κ1) is 21.6. The maximum absolute atomic E-state index is 12.5. The number of hydrogen-bond acceptors (Lipinski definition) is 5. The molecule has 1 aliphatic rings. The Kier molecular flexibility index (Phi) is 5.66. The number of ether oxygens (including phenoxy) is 1. The van der Waals surface area contributed by atoms with Crippen molar-refractivity contribution in [1.82, 2.24) is 14.5 Å². The summed E-state index contributed by atoms with van der Waals surface area (Å²) >= 11 is 1.46. The molecule has 0 radical (unpaired) electrons. The molecule has 5 rings (SSSR count). The van der Waals surface area contributed by atoms with Gasteiger partial charge in [-0.05, 0) is 63.8 Å². The Balaban J connectivity index is 1.26. The Morgan fingerprint density at radius 1 is 1.18 bits per heavy atom. The predicted molar refractivity (Wildman–Crippen MR) is 133 cm³/mol. The Morgan fingerprint density at radius 2 is 2.03 bits per heavy atom. The fourth-order valence-corrected chi connectivity index (χ4v) is 5.64. The Morgan fingerprint density at radius 3 is 2.85 bits per heavy atom. The van der Waals surface area contributed by atoms with Crippen LogP contribution in [0.1, 0.15) is 54.0 Å². The number of hydrogen-bond donors (Lipinski definition) is 1. The predicted octanol–water partition coefficient (Wildman–Crippen LogP) is 6.73. The summed E-state index contributed by atoms with van der Waals surface area (Å²) < 4.78 is 7.85. The highest BCUT2D eigenvalue weighted by Gasteiger charge is 2.20. The molecule has 0 spiro atoms. The first-order valence-corrected chi connectivity index (χ1v) is 12.2. The standard InChI is InChI=1S/C26H28N4O2S/c1-15-8-10-20(16(2)12-15)25-27-18(4)24(33-25)29-26(31)32-14-19-9-11-22-21(13-19)28-23-7-5-6-17(3)30(22)23/h8-13,17H,5-7,14H2,1-4H3,(H,29,31). The van der Waals surface area contributed by atoms with Gasteiger partial charge in [-0.3, -0.25) is 5.32 Å². The number of fused-ring (bicyclic) bond motifs is 3. The third-order valence-corrected chi connectivity index (χ3v) is 7.39. The van der Waals surface area contributed by atoms with Crippen LogP contribution in [0, 0.1) is 20.8 Å². The second kappa shape index (κ2) is 8.63.